The van der Waals surface area contributed by atoms with Crippen molar-refractivity contribution in [2.45, 2.75) is 19.8 Å². The molecular weight excluding hydrogens is 420 g/mol. The molecule has 0 unspecified atom stereocenters. The average molecular weight is 449 g/mol. The van der Waals surface area contributed by atoms with E-state index in [1.54, 1.807) is 17.9 Å². The number of likely N-dealkylation sites (tertiary alicyclic amines) is 1. The monoisotopic (exact) mass is 448 g/mol. The van der Waals surface area contributed by atoms with Crippen LogP contribution in [0.3, 0.4) is 0 Å². The second-order valence-corrected chi connectivity index (χ2v) is 8.73. The minimum absolute atomic E-state index is 0.0126. The van der Waals surface area contributed by atoms with Gasteiger partial charge in [0.1, 0.15) is 6.61 Å². The molecule has 1 heterocycles. The SMILES string of the molecule is C/C(=C\CNC(=O)OCC1c2ccccc2-c2ccccc21)C(=O)N1C[C@H](C(=O)O)[C@@H](C)C1. The number of nitrogens with one attached hydrogen (secondary N) is 1. The molecule has 2 aliphatic rings. The number of aliphatic carboxylic acids is 1. The van der Waals surface area contributed by atoms with Gasteiger partial charge in [0.25, 0.3) is 0 Å². The van der Waals surface area contributed by atoms with E-state index in [2.05, 4.69) is 29.6 Å². The van der Waals surface area contributed by atoms with E-state index in [1.807, 2.05) is 31.2 Å². The van der Waals surface area contributed by atoms with Crippen LogP contribution in [0, 0.1) is 11.8 Å². The molecule has 0 spiro atoms. The quantitative estimate of drug-likeness (QED) is 0.658. The number of hydrogen-bond acceptors (Lipinski definition) is 4. The van der Waals surface area contributed by atoms with Crippen molar-refractivity contribution in [1.29, 1.82) is 0 Å². The highest BCUT2D eigenvalue weighted by molar-refractivity contribution is 5.93. The van der Waals surface area contributed by atoms with Crippen LogP contribution in [0.5, 0.6) is 0 Å². The van der Waals surface area contributed by atoms with E-state index in [1.165, 1.54) is 11.1 Å². The summed E-state index contributed by atoms with van der Waals surface area (Å²) in [6.07, 6.45) is 1.08. The highest BCUT2D eigenvalue weighted by Gasteiger charge is 2.37. The lowest BCUT2D eigenvalue weighted by Crippen LogP contribution is -2.31. The standard InChI is InChI=1S/C26H28N2O5/c1-16(24(29)28-13-17(2)22(14-28)25(30)31)11-12-27-26(32)33-15-23-20-9-5-3-7-18(20)19-8-4-6-10-21(19)23/h3-11,17,22-23H,12-15H2,1-2H3,(H,27,32)(H,30,31)/b16-11+/t17-,22-/m0/s1. The lowest BCUT2D eigenvalue weighted by molar-refractivity contribution is -0.142. The van der Waals surface area contributed by atoms with Gasteiger partial charge < -0.3 is 20.1 Å². The molecule has 2 aromatic rings. The summed E-state index contributed by atoms with van der Waals surface area (Å²) in [5.74, 6) is -1.73. The molecular formula is C26H28N2O5. The number of carboxylic acid groups (broad SMARTS) is 1. The molecule has 0 saturated carbocycles. The number of fused-ring (bicyclic) bond motifs is 3. The van der Waals surface area contributed by atoms with Crippen LogP contribution in [0.1, 0.15) is 30.9 Å². The first-order valence-electron chi connectivity index (χ1n) is 11.1. The molecule has 7 heteroatoms. The van der Waals surface area contributed by atoms with Gasteiger partial charge in [-0.1, -0.05) is 61.5 Å². The summed E-state index contributed by atoms with van der Waals surface area (Å²) in [5.41, 5.74) is 5.09. The van der Waals surface area contributed by atoms with Crippen LogP contribution >= 0.6 is 0 Å². The zero-order chi connectivity index (χ0) is 23.5. The predicted molar refractivity (Wildman–Crippen MR) is 124 cm³/mol. The Bertz CT molecular complexity index is 1060. The van der Waals surface area contributed by atoms with Crippen LogP contribution in [0.4, 0.5) is 4.79 Å². The van der Waals surface area contributed by atoms with Crippen LogP contribution in [-0.2, 0) is 14.3 Å². The summed E-state index contributed by atoms with van der Waals surface area (Å²) < 4.78 is 5.50. The molecule has 172 valence electrons. The van der Waals surface area contributed by atoms with Gasteiger partial charge in [0.15, 0.2) is 0 Å². The second-order valence-electron chi connectivity index (χ2n) is 8.73. The Labute approximate surface area is 193 Å². The van der Waals surface area contributed by atoms with E-state index in [9.17, 15) is 19.5 Å². The molecule has 33 heavy (non-hydrogen) atoms. The summed E-state index contributed by atoms with van der Waals surface area (Å²) in [6.45, 7) is 4.51. The third kappa shape index (κ3) is 4.62. The highest BCUT2D eigenvalue weighted by atomic mass is 16.5. The Kier molecular flexibility index (Phi) is 6.49. The van der Waals surface area contributed by atoms with Gasteiger partial charge in [-0.3, -0.25) is 9.59 Å². The number of nitrogens with zero attached hydrogens (tertiary/aromatic N) is 1. The molecule has 2 amide bonds. The van der Waals surface area contributed by atoms with Crippen molar-refractivity contribution in [2.75, 3.05) is 26.2 Å². The van der Waals surface area contributed by atoms with Crippen molar-refractivity contribution in [3.8, 4) is 11.1 Å². The maximum atomic E-state index is 12.6. The minimum atomic E-state index is -0.878. The number of benzene rings is 2. The van der Waals surface area contributed by atoms with Gasteiger partial charge in [0, 0.05) is 31.1 Å². The Hall–Kier alpha value is -3.61. The number of carboxylic acids is 1. The van der Waals surface area contributed by atoms with E-state index >= 15 is 0 Å². The van der Waals surface area contributed by atoms with E-state index in [4.69, 9.17) is 4.74 Å². The fraction of sp³-hybridized carbons (Fsp3) is 0.346. The summed E-state index contributed by atoms with van der Waals surface area (Å²) in [6, 6.07) is 16.3. The zero-order valence-electron chi connectivity index (χ0n) is 18.8. The van der Waals surface area contributed by atoms with Gasteiger partial charge in [0.05, 0.1) is 5.92 Å². The Morgan fingerprint density at radius 3 is 2.24 bits per heavy atom. The minimum Gasteiger partial charge on any atom is -0.481 e. The van der Waals surface area contributed by atoms with Gasteiger partial charge in [-0.15, -0.1) is 0 Å². The Morgan fingerprint density at radius 2 is 1.67 bits per heavy atom. The molecule has 4 rings (SSSR count). The van der Waals surface area contributed by atoms with Crippen LogP contribution in [-0.4, -0.2) is 54.2 Å². The lowest BCUT2D eigenvalue weighted by atomic mass is 9.98. The normalized spacial score (nSPS) is 19.7. The number of rotatable bonds is 6. The average Bonchev–Trinajstić information content (AvgIpc) is 3.35. The van der Waals surface area contributed by atoms with Gasteiger partial charge >= 0.3 is 12.1 Å². The Morgan fingerprint density at radius 1 is 1.06 bits per heavy atom. The van der Waals surface area contributed by atoms with E-state index in [0.717, 1.165) is 11.1 Å². The third-order valence-electron chi connectivity index (χ3n) is 6.55. The van der Waals surface area contributed by atoms with Crippen molar-refractivity contribution in [3.63, 3.8) is 0 Å². The highest BCUT2D eigenvalue weighted by Crippen LogP contribution is 2.44. The maximum Gasteiger partial charge on any atom is 0.407 e. The molecule has 1 aliphatic heterocycles. The number of amides is 2. The van der Waals surface area contributed by atoms with Gasteiger partial charge in [-0.25, -0.2) is 4.79 Å². The number of alkyl carbamates (subject to hydrolysis) is 1. The molecule has 0 bridgehead atoms. The van der Waals surface area contributed by atoms with Gasteiger partial charge in [-0.2, -0.15) is 0 Å². The first-order valence-corrected chi connectivity index (χ1v) is 11.1. The van der Waals surface area contributed by atoms with Crippen LogP contribution in [0.25, 0.3) is 11.1 Å². The maximum absolute atomic E-state index is 12.6. The molecule has 2 aromatic carbocycles. The first-order chi connectivity index (χ1) is 15.9. The van der Waals surface area contributed by atoms with Crippen molar-refractivity contribution >= 4 is 18.0 Å². The van der Waals surface area contributed by atoms with Crippen LogP contribution < -0.4 is 5.32 Å². The molecule has 1 fully saturated rings. The summed E-state index contributed by atoms with van der Waals surface area (Å²) in [4.78, 5) is 37.7. The molecule has 0 aromatic heterocycles. The number of carbonyl (C=O) groups is 3. The molecule has 1 saturated heterocycles. The van der Waals surface area contributed by atoms with Crippen molar-refractivity contribution in [2.24, 2.45) is 11.8 Å². The van der Waals surface area contributed by atoms with E-state index in [0.29, 0.717) is 12.1 Å². The summed E-state index contributed by atoms with van der Waals surface area (Å²) >= 11 is 0. The predicted octanol–water partition coefficient (Wildman–Crippen LogP) is 3.65. The van der Waals surface area contributed by atoms with E-state index < -0.39 is 18.0 Å². The molecule has 2 atom stereocenters. The lowest BCUT2D eigenvalue weighted by Gasteiger charge is -2.16. The van der Waals surface area contributed by atoms with Crippen molar-refractivity contribution < 1.29 is 24.2 Å². The summed E-state index contributed by atoms with van der Waals surface area (Å²) in [5, 5.41) is 11.9. The fourth-order valence-electron chi connectivity index (χ4n) is 4.73. The molecule has 1 aliphatic carbocycles. The fourth-order valence-corrected chi connectivity index (χ4v) is 4.73. The van der Waals surface area contributed by atoms with Gasteiger partial charge in [0.2, 0.25) is 5.91 Å². The van der Waals surface area contributed by atoms with Gasteiger partial charge in [-0.05, 0) is 35.1 Å². The topological polar surface area (TPSA) is 95.9 Å². The summed E-state index contributed by atoms with van der Waals surface area (Å²) in [7, 11) is 0. The number of carbonyl (C=O) groups excluding carboxylic acids is 2. The molecule has 0 radical (unpaired) electrons. The van der Waals surface area contributed by atoms with Crippen LogP contribution in [0.2, 0.25) is 0 Å². The smallest absolute Gasteiger partial charge is 0.407 e. The van der Waals surface area contributed by atoms with E-state index in [-0.39, 0.29) is 37.4 Å². The van der Waals surface area contributed by atoms with Crippen LogP contribution in [0.15, 0.2) is 60.2 Å². The second kappa shape index (κ2) is 9.48. The number of hydrogen-bond donors (Lipinski definition) is 2. The number of ether oxygens (including phenoxy) is 1. The van der Waals surface area contributed by atoms with Crippen molar-refractivity contribution in [3.05, 3.63) is 71.3 Å². The largest absolute Gasteiger partial charge is 0.481 e. The Balaban J connectivity index is 1.29. The molecule has 2 N–H and O–H groups in total. The van der Waals surface area contributed by atoms with Crippen molar-refractivity contribution in [1.82, 2.24) is 10.2 Å². The molecule has 7 nitrogen and oxygen atoms in total. The third-order valence-corrected chi connectivity index (χ3v) is 6.55. The zero-order valence-corrected chi connectivity index (χ0v) is 18.8. The first kappa shape index (κ1) is 22.6.